The molecule has 3 N–H and O–H groups in total. The standard InChI is InChI=1S/C12H18N2O2S/c1-8(2)17(15,16)14-12-7-6-9-10(12)4-3-5-11(9)13/h3-5,8,12,14H,6-7,13H2,1-2H3. The molecule has 0 aromatic heterocycles. The number of nitrogens with one attached hydrogen (secondary N) is 1. The second kappa shape index (κ2) is 4.31. The summed E-state index contributed by atoms with van der Waals surface area (Å²) in [5.41, 5.74) is 8.75. The van der Waals surface area contributed by atoms with Crippen LogP contribution in [0.4, 0.5) is 5.69 Å². The molecule has 1 aliphatic carbocycles. The first-order chi connectivity index (χ1) is 7.92. The molecule has 0 heterocycles. The molecule has 0 aliphatic heterocycles. The van der Waals surface area contributed by atoms with E-state index >= 15 is 0 Å². The van der Waals surface area contributed by atoms with Crippen molar-refractivity contribution in [1.29, 1.82) is 0 Å². The second-order valence-corrected chi connectivity index (χ2v) is 6.99. The smallest absolute Gasteiger partial charge is 0.214 e. The fourth-order valence-corrected chi connectivity index (χ4v) is 3.05. The van der Waals surface area contributed by atoms with E-state index in [9.17, 15) is 8.42 Å². The third-order valence-corrected chi connectivity index (χ3v) is 5.09. The molecule has 0 saturated heterocycles. The van der Waals surface area contributed by atoms with Crippen molar-refractivity contribution in [3.63, 3.8) is 0 Å². The minimum atomic E-state index is -3.23. The molecule has 94 valence electrons. The molecular weight excluding hydrogens is 236 g/mol. The fourth-order valence-electron chi connectivity index (χ4n) is 2.14. The first-order valence-electron chi connectivity index (χ1n) is 5.80. The molecule has 1 aromatic carbocycles. The highest BCUT2D eigenvalue weighted by molar-refractivity contribution is 7.90. The summed E-state index contributed by atoms with van der Waals surface area (Å²) in [7, 11) is -3.23. The van der Waals surface area contributed by atoms with Crippen LogP contribution < -0.4 is 10.5 Å². The van der Waals surface area contributed by atoms with Gasteiger partial charge in [0.1, 0.15) is 0 Å². The van der Waals surface area contributed by atoms with Gasteiger partial charge in [-0.1, -0.05) is 12.1 Å². The van der Waals surface area contributed by atoms with Crippen molar-refractivity contribution < 1.29 is 8.42 Å². The van der Waals surface area contributed by atoms with E-state index < -0.39 is 15.3 Å². The molecule has 0 spiro atoms. The molecule has 4 nitrogen and oxygen atoms in total. The van der Waals surface area contributed by atoms with Gasteiger partial charge in [0.05, 0.1) is 5.25 Å². The Morgan fingerprint density at radius 2 is 2.12 bits per heavy atom. The van der Waals surface area contributed by atoms with Crippen LogP contribution in [0.1, 0.15) is 37.4 Å². The van der Waals surface area contributed by atoms with Crippen LogP contribution in [0.5, 0.6) is 0 Å². The van der Waals surface area contributed by atoms with E-state index in [1.54, 1.807) is 13.8 Å². The molecule has 1 aromatic rings. The number of sulfonamides is 1. The zero-order chi connectivity index (χ0) is 12.6. The lowest BCUT2D eigenvalue weighted by atomic mass is 10.1. The SMILES string of the molecule is CC(C)S(=O)(=O)NC1CCc2c(N)cccc21. The third kappa shape index (κ3) is 2.30. The Morgan fingerprint density at radius 3 is 2.76 bits per heavy atom. The lowest BCUT2D eigenvalue weighted by Gasteiger charge is -2.16. The molecule has 17 heavy (non-hydrogen) atoms. The number of fused-ring (bicyclic) bond motifs is 1. The summed E-state index contributed by atoms with van der Waals surface area (Å²) in [5, 5.41) is -0.410. The van der Waals surface area contributed by atoms with Gasteiger partial charge in [-0.2, -0.15) is 0 Å². The fraction of sp³-hybridized carbons (Fsp3) is 0.500. The molecular formula is C12H18N2O2S. The largest absolute Gasteiger partial charge is 0.398 e. The first-order valence-corrected chi connectivity index (χ1v) is 7.35. The zero-order valence-corrected chi connectivity index (χ0v) is 10.9. The van der Waals surface area contributed by atoms with Crippen LogP contribution in [-0.2, 0) is 16.4 Å². The zero-order valence-electron chi connectivity index (χ0n) is 10.1. The van der Waals surface area contributed by atoms with E-state index in [0.717, 1.165) is 29.7 Å². The molecule has 0 bridgehead atoms. The van der Waals surface area contributed by atoms with Gasteiger partial charge in [0.15, 0.2) is 0 Å². The Balaban J connectivity index is 2.27. The summed E-state index contributed by atoms with van der Waals surface area (Å²) < 4.78 is 26.4. The van der Waals surface area contributed by atoms with E-state index in [0.29, 0.717) is 0 Å². The molecule has 1 atom stereocenters. The Hall–Kier alpha value is -1.07. The normalized spacial score (nSPS) is 19.6. The quantitative estimate of drug-likeness (QED) is 0.804. The molecule has 0 amide bonds. The highest BCUT2D eigenvalue weighted by atomic mass is 32.2. The van der Waals surface area contributed by atoms with Crippen molar-refractivity contribution in [2.75, 3.05) is 5.73 Å². The van der Waals surface area contributed by atoms with Crippen LogP contribution >= 0.6 is 0 Å². The van der Waals surface area contributed by atoms with Gasteiger partial charge in [-0.25, -0.2) is 13.1 Å². The highest BCUT2D eigenvalue weighted by Gasteiger charge is 2.28. The van der Waals surface area contributed by atoms with Crippen LogP contribution in [-0.4, -0.2) is 13.7 Å². The maximum absolute atomic E-state index is 11.8. The molecule has 1 unspecified atom stereocenters. The van der Waals surface area contributed by atoms with Crippen LogP contribution in [0, 0.1) is 0 Å². The minimum Gasteiger partial charge on any atom is -0.398 e. The number of anilines is 1. The number of hydrogen-bond acceptors (Lipinski definition) is 3. The second-order valence-electron chi connectivity index (χ2n) is 4.72. The maximum atomic E-state index is 11.8. The molecule has 5 heteroatoms. The third-order valence-electron chi connectivity index (χ3n) is 3.23. The van der Waals surface area contributed by atoms with Gasteiger partial charge in [-0.05, 0) is 43.9 Å². The van der Waals surface area contributed by atoms with Gasteiger partial charge >= 0.3 is 0 Å². The number of nitrogen functional groups attached to an aromatic ring is 1. The van der Waals surface area contributed by atoms with Gasteiger partial charge in [0, 0.05) is 11.7 Å². The average Bonchev–Trinajstić information content (AvgIpc) is 2.62. The summed E-state index contributed by atoms with van der Waals surface area (Å²) >= 11 is 0. The number of rotatable bonds is 3. The lowest BCUT2D eigenvalue weighted by Crippen LogP contribution is -2.33. The van der Waals surface area contributed by atoms with Crippen molar-refractivity contribution in [3.05, 3.63) is 29.3 Å². The summed E-state index contributed by atoms with van der Waals surface area (Å²) in [5.74, 6) is 0. The predicted octanol–water partition coefficient (Wildman–Crippen LogP) is 1.58. The number of hydrogen-bond donors (Lipinski definition) is 2. The Bertz CT molecular complexity index is 523. The van der Waals surface area contributed by atoms with Gasteiger partial charge in [-0.3, -0.25) is 0 Å². The van der Waals surface area contributed by atoms with Crippen LogP contribution in [0.2, 0.25) is 0 Å². The van der Waals surface area contributed by atoms with E-state index in [1.165, 1.54) is 0 Å². The summed E-state index contributed by atoms with van der Waals surface area (Å²) in [6.07, 6.45) is 1.63. The summed E-state index contributed by atoms with van der Waals surface area (Å²) in [4.78, 5) is 0. The first kappa shape index (κ1) is 12.4. The molecule has 0 fully saturated rings. The van der Waals surface area contributed by atoms with Crippen molar-refractivity contribution in [2.45, 2.75) is 38.0 Å². The van der Waals surface area contributed by atoms with Crippen molar-refractivity contribution in [2.24, 2.45) is 0 Å². The van der Waals surface area contributed by atoms with Gasteiger partial charge in [0.25, 0.3) is 0 Å². The van der Waals surface area contributed by atoms with Crippen molar-refractivity contribution in [1.82, 2.24) is 4.72 Å². The van der Waals surface area contributed by atoms with Crippen molar-refractivity contribution >= 4 is 15.7 Å². The molecule has 0 radical (unpaired) electrons. The van der Waals surface area contributed by atoms with Crippen molar-refractivity contribution in [3.8, 4) is 0 Å². The van der Waals surface area contributed by atoms with E-state index in [4.69, 9.17) is 5.73 Å². The number of benzene rings is 1. The summed E-state index contributed by atoms with van der Waals surface area (Å²) in [6.45, 7) is 3.36. The predicted molar refractivity (Wildman–Crippen MR) is 69.1 cm³/mol. The average molecular weight is 254 g/mol. The van der Waals surface area contributed by atoms with Crippen LogP contribution in [0.3, 0.4) is 0 Å². The van der Waals surface area contributed by atoms with Crippen LogP contribution in [0.25, 0.3) is 0 Å². The van der Waals surface area contributed by atoms with Gasteiger partial charge in [0.2, 0.25) is 10.0 Å². The van der Waals surface area contributed by atoms with E-state index in [2.05, 4.69) is 4.72 Å². The Labute approximate surface area is 102 Å². The number of nitrogens with two attached hydrogens (primary N) is 1. The minimum absolute atomic E-state index is 0.124. The Kier molecular flexibility index (Phi) is 3.14. The molecule has 1 aliphatic rings. The summed E-state index contributed by atoms with van der Waals surface area (Å²) in [6, 6.07) is 5.56. The lowest BCUT2D eigenvalue weighted by molar-refractivity contribution is 0.546. The van der Waals surface area contributed by atoms with E-state index in [1.807, 2.05) is 18.2 Å². The topological polar surface area (TPSA) is 72.2 Å². The monoisotopic (exact) mass is 254 g/mol. The highest BCUT2D eigenvalue weighted by Crippen LogP contribution is 2.35. The van der Waals surface area contributed by atoms with E-state index in [-0.39, 0.29) is 6.04 Å². The van der Waals surface area contributed by atoms with Gasteiger partial charge in [-0.15, -0.1) is 0 Å². The Morgan fingerprint density at radius 1 is 1.41 bits per heavy atom. The maximum Gasteiger partial charge on any atom is 0.214 e. The van der Waals surface area contributed by atoms with Gasteiger partial charge < -0.3 is 5.73 Å². The molecule has 0 saturated carbocycles. The van der Waals surface area contributed by atoms with Crippen LogP contribution in [0.15, 0.2) is 18.2 Å². The molecule has 2 rings (SSSR count).